The number of likely N-dealkylation sites (tertiary alicyclic amines) is 1. The third kappa shape index (κ3) is 4.60. The van der Waals surface area contributed by atoms with Crippen molar-refractivity contribution < 1.29 is 18.2 Å². The van der Waals surface area contributed by atoms with Gasteiger partial charge in [-0.15, -0.1) is 0 Å². The first kappa shape index (κ1) is 17.9. The molecule has 0 bridgehead atoms. The van der Waals surface area contributed by atoms with Crippen molar-refractivity contribution in [2.24, 2.45) is 5.92 Å². The lowest BCUT2D eigenvalue weighted by atomic mass is 9.99. The first-order valence-electron chi connectivity index (χ1n) is 8.54. The van der Waals surface area contributed by atoms with E-state index in [1.807, 2.05) is 45.0 Å². The molecule has 0 spiro atoms. The number of ether oxygens (including phenoxy) is 1. The molecule has 1 aliphatic heterocycles. The second kappa shape index (κ2) is 7.15. The minimum atomic E-state index is -1.26. The third-order valence-electron chi connectivity index (χ3n) is 4.12. The summed E-state index contributed by atoms with van der Waals surface area (Å²) in [6.45, 7) is 6.85. The quantitative estimate of drug-likeness (QED) is 0.832. The number of rotatable bonds is 3. The van der Waals surface area contributed by atoms with E-state index in [1.54, 1.807) is 4.90 Å². The number of benzene rings is 1. The zero-order valence-electron chi connectivity index (χ0n) is 14.9. The molecule has 1 aromatic heterocycles. The fraction of sp³-hybridized carbons (Fsp3) is 0.556. The Labute approximate surface area is 150 Å². The largest absolute Gasteiger partial charge is 0.444 e. The second-order valence-corrected chi connectivity index (χ2v) is 8.74. The van der Waals surface area contributed by atoms with Crippen molar-refractivity contribution in [1.29, 1.82) is 0 Å². The predicted molar refractivity (Wildman–Crippen MR) is 95.8 cm³/mol. The molecule has 0 N–H and O–H groups in total. The van der Waals surface area contributed by atoms with Gasteiger partial charge in [0.05, 0.1) is 0 Å². The van der Waals surface area contributed by atoms with Crippen LogP contribution in [0.5, 0.6) is 0 Å². The molecule has 0 saturated carbocycles. The Hall–Kier alpha value is -1.89. The van der Waals surface area contributed by atoms with E-state index >= 15 is 0 Å². The van der Waals surface area contributed by atoms with E-state index in [4.69, 9.17) is 9.15 Å². The highest BCUT2D eigenvalue weighted by Gasteiger charge is 2.28. The average molecular weight is 364 g/mol. The van der Waals surface area contributed by atoms with E-state index < -0.39 is 16.4 Å². The van der Waals surface area contributed by atoms with Gasteiger partial charge in [-0.05, 0) is 51.7 Å². The molecule has 1 amide bonds. The van der Waals surface area contributed by atoms with Gasteiger partial charge in [-0.1, -0.05) is 12.1 Å². The minimum Gasteiger partial charge on any atom is -0.444 e. The third-order valence-corrected chi connectivity index (χ3v) is 5.46. The van der Waals surface area contributed by atoms with Gasteiger partial charge in [-0.2, -0.15) is 0 Å². The zero-order chi connectivity index (χ0) is 18.0. The van der Waals surface area contributed by atoms with Crippen molar-refractivity contribution in [3.05, 3.63) is 24.3 Å². The lowest BCUT2D eigenvalue weighted by Crippen LogP contribution is -2.42. The average Bonchev–Trinajstić information content (AvgIpc) is 2.98. The van der Waals surface area contributed by atoms with Crippen molar-refractivity contribution in [2.45, 2.75) is 44.4 Å². The van der Waals surface area contributed by atoms with Crippen LogP contribution in [0.2, 0.25) is 0 Å². The van der Waals surface area contributed by atoms with Crippen LogP contribution in [0.4, 0.5) is 4.79 Å². The Balaban J connectivity index is 1.53. The molecule has 25 heavy (non-hydrogen) atoms. The molecule has 0 unspecified atom stereocenters. The molecule has 1 saturated heterocycles. The lowest BCUT2D eigenvalue weighted by Gasteiger charge is -2.33. The summed E-state index contributed by atoms with van der Waals surface area (Å²) < 4.78 is 23.5. The van der Waals surface area contributed by atoms with Gasteiger partial charge in [0.2, 0.25) is 0 Å². The van der Waals surface area contributed by atoms with Crippen LogP contribution in [-0.2, 0) is 15.5 Å². The first-order chi connectivity index (χ1) is 11.8. The van der Waals surface area contributed by atoms with Crippen LogP contribution in [0, 0.1) is 5.92 Å². The first-order valence-corrected chi connectivity index (χ1v) is 9.85. The lowest BCUT2D eigenvalue weighted by molar-refractivity contribution is 0.0191. The van der Waals surface area contributed by atoms with Crippen molar-refractivity contribution in [1.82, 2.24) is 9.88 Å². The number of hydrogen-bond acceptors (Lipinski definition) is 5. The Morgan fingerprint density at radius 1 is 1.32 bits per heavy atom. The smallest absolute Gasteiger partial charge is 0.410 e. The maximum absolute atomic E-state index is 12.5. The van der Waals surface area contributed by atoms with Gasteiger partial charge < -0.3 is 14.1 Å². The maximum atomic E-state index is 12.5. The highest BCUT2D eigenvalue weighted by Crippen LogP contribution is 2.23. The summed E-state index contributed by atoms with van der Waals surface area (Å²) in [7, 11) is -1.26. The highest BCUT2D eigenvalue weighted by molar-refractivity contribution is 7.84. The number of hydrogen-bond donors (Lipinski definition) is 0. The molecule has 7 heteroatoms. The Morgan fingerprint density at radius 3 is 2.64 bits per heavy atom. The SMILES string of the molecule is CC(C)(C)OC(=O)N1CCC(C[S@@](=O)c2nc3ccccc3o2)CC1. The van der Waals surface area contributed by atoms with Crippen LogP contribution in [0.1, 0.15) is 33.6 Å². The minimum absolute atomic E-state index is 0.272. The van der Waals surface area contributed by atoms with Gasteiger partial charge in [-0.25, -0.2) is 14.0 Å². The molecule has 0 radical (unpaired) electrons. The monoisotopic (exact) mass is 364 g/mol. The summed E-state index contributed by atoms with van der Waals surface area (Å²) in [4.78, 5) is 18.1. The summed E-state index contributed by atoms with van der Waals surface area (Å²) >= 11 is 0. The van der Waals surface area contributed by atoms with Crippen LogP contribution >= 0.6 is 0 Å². The van der Waals surface area contributed by atoms with Crippen molar-refractivity contribution in [3.63, 3.8) is 0 Å². The molecular weight excluding hydrogens is 340 g/mol. The second-order valence-electron chi connectivity index (χ2n) is 7.37. The molecule has 1 aromatic carbocycles. The van der Waals surface area contributed by atoms with Crippen molar-refractivity contribution >= 4 is 28.0 Å². The van der Waals surface area contributed by atoms with Gasteiger partial charge in [0.15, 0.2) is 5.58 Å². The summed E-state index contributed by atoms with van der Waals surface area (Å²) in [6.07, 6.45) is 1.35. The fourth-order valence-corrected chi connectivity index (χ4v) is 4.13. The standard InChI is InChI=1S/C18H24N2O4S/c1-18(2,3)24-17(21)20-10-8-13(9-11-20)12-25(22)16-19-14-6-4-5-7-15(14)23-16/h4-7,13H,8-12H2,1-3H3/t25-/m1/s1. The van der Waals surface area contributed by atoms with E-state index in [0.717, 1.165) is 18.4 Å². The molecule has 0 aliphatic carbocycles. The molecule has 2 aromatic rings. The molecule has 136 valence electrons. The number of piperidine rings is 1. The number of carbonyl (C=O) groups is 1. The van der Waals surface area contributed by atoms with E-state index in [1.165, 1.54) is 0 Å². The molecule has 2 heterocycles. The molecular formula is C18H24N2O4S. The van der Waals surface area contributed by atoms with Crippen LogP contribution in [0.3, 0.4) is 0 Å². The summed E-state index contributed by atoms with van der Waals surface area (Å²) in [5, 5.41) is 0.288. The highest BCUT2D eigenvalue weighted by atomic mass is 32.2. The summed E-state index contributed by atoms with van der Waals surface area (Å²) in [6, 6.07) is 7.41. The number of para-hydroxylation sites is 2. The zero-order valence-corrected chi connectivity index (χ0v) is 15.7. The van der Waals surface area contributed by atoms with Crippen LogP contribution in [-0.4, -0.2) is 44.6 Å². The van der Waals surface area contributed by atoms with E-state index in [-0.39, 0.29) is 17.2 Å². The van der Waals surface area contributed by atoms with Crippen molar-refractivity contribution in [2.75, 3.05) is 18.8 Å². The molecule has 1 atom stereocenters. The summed E-state index contributed by atoms with van der Waals surface area (Å²) in [5.74, 6) is 0.796. The van der Waals surface area contributed by atoms with Crippen LogP contribution < -0.4 is 0 Å². The number of carbonyl (C=O) groups excluding carboxylic acids is 1. The fourth-order valence-electron chi connectivity index (χ4n) is 2.84. The van der Waals surface area contributed by atoms with Crippen molar-refractivity contribution in [3.8, 4) is 0 Å². The topological polar surface area (TPSA) is 72.6 Å². The molecule has 1 aliphatic rings. The normalized spacial score (nSPS) is 17.6. The molecule has 3 rings (SSSR count). The molecule has 6 nitrogen and oxygen atoms in total. The summed E-state index contributed by atoms with van der Waals surface area (Å²) in [5.41, 5.74) is 0.902. The van der Waals surface area contributed by atoms with Gasteiger partial charge in [0, 0.05) is 18.8 Å². The van der Waals surface area contributed by atoms with Gasteiger partial charge in [0.25, 0.3) is 5.22 Å². The van der Waals surface area contributed by atoms with E-state index in [9.17, 15) is 9.00 Å². The van der Waals surface area contributed by atoms with Gasteiger partial charge in [-0.3, -0.25) is 0 Å². The van der Waals surface area contributed by atoms with Gasteiger partial charge >= 0.3 is 6.09 Å². The van der Waals surface area contributed by atoms with Gasteiger partial charge in [0.1, 0.15) is 21.9 Å². The predicted octanol–water partition coefficient (Wildman–Crippen LogP) is 3.58. The van der Waals surface area contributed by atoms with Crippen LogP contribution in [0.15, 0.2) is 33.9 Å². The molecule has 1 fully saturated rings. The maximum Gasteiger partial charge on any atom is 0.410 e. The Kier molecular flexibility index (Phi) is 5.13. The number of oxazole rings is 1. The van der Waals surface area contributed by atoms with E-state index in [2.05, 4.69) is 4.98 Å². The Bertz CT molecular complexity index is 740. The Morgan fingerprint density at radius 2 is 2.00 bits per heavy atom. The number of fused-ring (bicyclic) bond motifs is 1. The van der Waals surface area contributed by atoms with Crippen LogP contribution in [0.25, 0.3) is 11.1 Å². The number of nitrogens with zero attached hydrogens (tertiary/aromatic N) is 2. The van der Waals surface area contributed by atoms with E-state index in [0.29, 0.717) is 24.4 Å². The number of aromatic nitrogens is 1. The number of amides is 1.